The third-order valence-corrected chi connectivity index (χ3v) is 4.93. The summed E-state index contributed by atoms with van der Waals surface area (Å²) in [7, 11) is 3.92. The number of aryl methyl sites for hydroxylation is 2. The van der Waals surface area contributed by atoms with Gasteiger partial charge in [-0.05, 0) is 12.1 Å². The van der Waals surface area contributed by atoms with E-state index in [0.29, 0.717) is 25.0 Å². The zero-order chi connectivity index (χ0) is 19.3. The first-order valence-electron chi connectivity index (χ1n) is 8.53. The highest BCUT2D eigenvalue weighted by Gasteiger charge is 2.16. The molecule has 4 aromatic heterocycles. The van der Waals surface area contributed by atoms with Crippen LogP contribution >= 0.6 is 23.5 Å². The molecule has 0 aliphatic rings. The van der Waals surface area contributed by atoms with Crippen molar-refractivity contribution < 1.29 is 18.6 Å². The van der Waals surface area contributed by atoms with E-state index < -0.39 is 0 Å². The summed E-state index contributed by atoms with van der Waals surface area (Å²) in [5.41, 5.74) is 3.37. The van der Waals surface area contributed by atoms with Crippen LogP contribution in [-0.2, 0) is 14.1 Å². The summed E-state index contributed by atoms with van der Waals surface area (Å²) in [6.45, 7) is 0.661. The lowest BCUT2D eigenvalue weighted by Crippen LogP contribution is -2.26. The van der Waals surface area contributed by atoms with Crippen molar-refractivity contribution in [1.82, 2.24) is 17.5 Å². The molecule has 0 saturated heterocycles. The second-order valence-corrected chi connectivity index (χ2v) is 7.11. The van der Waals surface area contributed by atoms with Gasteiger partial charge in [0.05, 0.1) is 34.6 Å². The molecule has 0 unspecified atom stereocenters. The van der Waals surface area contributed by atoms with Crippen molar-refractivity contribution in [1.29, 1.82) is 0 Å². The molecule has 0 aliphatic heterocycles. The van der Waals surface area contributed by atoms with E-state index >= 15 is 0 Å². The molecule has 0 fully saturated rings. The second-order valence-electron chi connectivity index (χ2n) is 6.05. The van der Waals surface area contributed by atoms with Crippen LogP contribution in [-0.4, -0.2) is 30.7 Å². The molecule has 28 heavy (non-hydrogen) atoms. The van der Waals surface area contributed by atoms with Crippen molar-refractivity contribution in [3.05, 3.63) is 49.1 Å². The number of nitrogens with zero attached hydrogens (tertiary/aromatic N) is 6. The lowest BCUT2D eigenvalue weighted by Gasteiger charge is -2.06. The Balaban J connectivity index is 1.38. The van der Waals surface area contributed by atoms with Gasteiger partial charge in [-0.25, -0.2) is 9.13 Å². The first-order valence-corrected chi connectivity index (χ1v) is 9.99. The van der Waals surface area contributed by atoms with Crippen molar-refractivity contribution in [2.75, 3.05) is 13.2 Å². The molecule has 10 heteroatoms. The van der Waals surface area contributed by atoms with E-state index in [0.717, 1.165) is 46.0 Å². The van der Waals surface area contributed by atoms with Crippen LogP contribution in [0.15, 0.2) is 49.1 Å². The molecule has 0 saturated carbocycles. The minimum absolute atomic E-state index is 0.330. The summed E-state index contributed by atoms with van der Waals surface area (Å²) >= 11 is 2.25. The highest BCUT2D eigenvalue weighted by Crippen LogP contribution is 2.28. The maximum atomic E-state index is 5.79. The molecule has 8 nitrogen and oxygen atoms in total. The maximum Gasteiger partial charge on any atom is 0.254 e. The standard InChI is InChI=1S/C18H18N6O2S2/c1-23-7-3-5-13(11-23)15-17(21-27-19-15)25-9-10-26-18-16(20-28-22-18)14-6-4-8-24(2)12-14/h3-8,11-12H,9-10H2,1-2H3/q+2. The summed E-state index contributed by atoms with van der Waals surface area (Å²) in [6, 6.07) is 7.88. The molecule has 4 rings (SSSR count). The molecule has 0 atom stereocenters. The smallest absolute Gasteiger partial charge is 0.254 e. The summed E-state index contributed by atoms with van der Waals surface area (Å²) < 4.78 is 32.7. The number of rotatable bonds is 7. The Morgan fingerprint density at radius 1 is 0.750 bits per heavy atom. The Morgan fingerprint density at radius 3 is 1.64 bits per heavy atom. The molecular formula is C18H18N6O2S2+2. The number of hydrogen-bond donors (Lipinski definition) is 0. The Labute approximate surface area is 170 Å². The van der Waals surface area contributed by atoms with Crippen LogP contribution < -0.4 is 18.6 Å². The molecule has 142 valence electrons. The van der Waals surface area contributed by atoms with Crippen molar-refractivity contribution >= 4 is 23.5 Å². The number of hydrogen-bond acceptors (Lipinski definition) is 8. The van der Waals surface area contributed by atoms with Crippen molar-refractivity contribution in [3.63, 3.8) is 0 Å². The Kier molecular flexibility index (Phi) is 5.49. The quantitative estimate of drug-likeness (QED) is 0.339. The number of ether oxygens (including phenoxy) is 2. The van der Waals surface area contributed by atoms with E-state index in [9.17, 15) is 0 Å². The Morgan fingerprint density at radius 2 is 1.21 bits per heavy atom. The van der Waals surface area contributed by atoms with Crippen LogP contribution in [0.2, 0.25) is 0 Å². The average Bonchev–Trinajstić information content (AvgIpc) is 3.35. The van der Waals surface area contributed by atoms with Crippen LogP contribution in [0, 0.1) is 0 Å². The Hall–Kier alpha value is -2.98. The molecule has 4 aromatic rings. The molecular weight excluding hydrogens is 396 g/mol. The summed E-state index contributed by atoms with van der Waals surface area (Å²) in [5, 5.41) is 0. The van der Waals surface area contributed by atoms with E-state index in [-0.39, 0.29) is 0 Å². The first-order chi connectivity index (χ1) is 13.7. The fourth-order valence-corrected chi connectivity index (χ4v) is 3.67. The van der Waals surface area contributed by atoms with Gasteiger partial charge in [0.1, 0.15) is 27.3 Å². The van der Waals surface area contributed by atoms with Crippen molar-refractivity contribution in [2.24, 2.45) is 14.1 Å². The fraction of sp³-hybridized carbons (Fsp3) is 0.222. The van der Waals surface area contributed by atoms with E-state index in [1.54, 1.807) is 0 Å². The highest BCUT2D eigenvalue weighted by molar-refractivity contribution is 6.99. The third-order valence-electron chi connectivity index (χ3n) is 3.90. The average molecular weight is 415 g/mol. The van der Waals surface area contributed by atoms with E-state index in [2.05, 4.69) is 17.5 Å². The van der Waals surface area contributed by atoms with Gasteiger partial charge in [0.2, 0.25) is 0 Å². The largest absolute Gasteiger partial charge is 0.472 e. The lowest BCUT2D eigenvalue weighted by atomic mass is 10.2. The van der Waals surface area contributed by atoms with Crippen LogP contribution in [0.1, 0.15) is 0 Å². The van der Waals surface area contributed by atoms with Gasteiger partial charge in [-0.1, -0.05) is 0 Å². The molecule has 0 aromatic carbocycles. The predicted molar refractivity (Wildman–Crippen MR) is 104 cm³/mol. The van der Waals surface area contributed by atoms with Gasteiger partial charge in [-0.15, -0.1) is 8.75 Å². The van der Waals surface area contributed by atoms with Gasteiger partial charge in [0, 0.05) is 12.1 Å². The molecule has 0 aliphatic carbocycles. The molecule has 0 bridgehead atoms. The van der Waals surface area contributed by atoms with Gasteiger partial charge < -0.3 is 9.47 Å². The molecule has 0 N–H and O–H groups in total. The van der Waals surface area contributed by atoms with Crippen LogP contribution in [0.25, 0.3) is 22.5 Å². The molecule has 0 amide bonds. The zero-order valence-electron chi connectivity index (χ0n) is 15.3. The SMILES string of the molecule is C[n+]1cccc(-c2nsnc2OCCOc2nsnc2-c2ccc[n+](C)c2)c1. The Bertz CT molecular complexity index is 995. The zero-order valence-corrected chi connectivity index (χ0v) is 17.0. The van der Waals surface area contributed by atoms with Gasteiger partial charge in [-0.2, -0.15) is 8.75 Å². The van der Waals surface area contributed by atoms with E-state index in [1.165, 1.54) is 0 Å². The monoisotopic (exact) mass is 414 g/mol. The summed E-state index contributed by atoms with van der Waals surface area (Å²) in [5.74, 6) is 1.01. The van der Waals surface area contributed by atoms with Gasteiger partial charge in [-0.3, -0.25) is 0 Å². The van der Waals surface area contributed by atoms with Gasteiger partial charge in [0.15, 0.2) is 36.2 Å². The summed E-state index contributed by atoms with van der Waals surface area (Å²) in [6.07, 6.45) is 7.88. The maximum absolute atomic E-state index is 5.79. The van der Waals surface area contributed by atoms with Crippen molar-refractivity contribution in [2.45, 2.75) is 0 Å². The third kappa shape index (κ3) is 4.12. The topological polar surface area (TPSA) is 77.8 Å². The van der Waals surface area contributed by atoms with Gasteiger partial charge >= 0.3 is 0 Å². The van der Waals surface area contributed by atoms with E-state index in [1.807, 2.05) is 72.3 Å². The molecule has 0 radical (unpaired) electrons. The minimum atomic E-state index is 0.330. The molecule has 0 spiro atoms. The van der Waals surface area contributed by atoms with Crippen LogP contribution in [0.4, 0.5) is 0 Å². The van der Waals surface area contributed by atoms with Crippen molar-refractivity contribution in [3.8, 4) is 34.3 Å². The van der Waals surface area contributed by atoms with Gasteiger partial charge in [0.25, 0.3) is 11.8 Å². The summed E-state index contributed by atoms with van der Waals surface area (Å²) in [4.78, 5) is 0. The van der Waals surface area contributed by atoms with Crippen LogP contribution in [0.3, 0.4) is 0 Å². The minimum Gasteiger partial charge on any atom is -0.472 e. The van der Waals surface area contributed by atoms with Crippen LogP contribution in [0.5, 0.6) is 11.8 Å². The predicted octanol–water partition coefficient (Wildman–Crippen LogP) is 1.83. The second kappa shape index (κ2) is 8.36. The fourth-order valence-electron chi connectivity index (χ4n) is 2.64. The molecule has 4 heterocycles. The first kappa shape index (κ1) is 18.4. The normalized spacial score (nSPS) is 10.8. The highest BCUT2D eigenvalue weighted by atomic mass is 32.1. The van der Waals surface area contributed by atoms with E-state index in [4.69, 9.17) is 9.47 Å². The number of pyridine rings is 2. The number of aromatic nitrogens is 6. The lowest BCUT2D eigenvalue weighted by molar-refractivity contribution is -0.671.